The van der Waals surface area contributed by atoms with Gasteiger partial charge in [0, 0.05) is 0 Å². The highest BCUT2D eigenvalue weighted by Gasteiger charge is 2.13. The molecule has 0 N–H and O–H groups in total. The molecule has 40 heavy (non-hydrogen) atoms. The van der Waals surface area contributed by atoms with Gasteiger partial charge in [0.15, 0.2) is 11.6 Å². The molecule has 0 aliphatic heterocycles. The lowest BCUT2D eigenvalue weighted by Gasteiger charge is -2.10. The van der Waals surface area contributed by atoms with Crippen LogP contribution in [0.2, 0.25) is 0 Å². The molecule has 4 heteroatoms. The van der Waals surface area contributed by atoms with Gasteiger partial charge in [0.2, 0.25) is 0 Å². The van der Waals surface area contributed by atoms with Crippen molar-refractivity contribution in [2.45, 2.75) is 104 Å². The Morgan fingerprint density at radius 2 is 1.20 bits per heavy atom. The van der Waals surface area contributed by atoms with E-state index < -0.39 is 11.8 Å². The van der Waals surface area contributed by atoms with Crippen LogP contribution in [0.3, 0.4) is 0 Å². The molecule has 0 aliphatic carbocycles. The highest BCUT2D eigenvalue weighted by molar-refractivity contribution is 5.91. The first kappa shape index (κ1) is 31.4. The van der Waals surface area contributed by atoms with E-state index >= 15 is 0 Å². The Labute approximate surface area is 241 Å². The van der Waals surface area contributed by atoms with Gasteiger partial charge in [0.05, 0.1) is 12.2 Å². The van der Waals surface area contributed by atoms with Gasteiger partial charge < -0.3 is 9.47 Å². The van der Waals surface area contributed by atoms with Gasteiger partial charge >= 0.3 is 5.97 Å². The molecule has 0 aliphatic rings. The molecule has 0 bridgehead atoms. The molecule has 0 saturated carbocycles. The number of hydrogen-bond acceptors (Lipinski definition) is 3. The molecule has 216 valence electrons. The van der Waals surface area contributed by atoms with Gasteiger partial charge in [0.1, 0.15) is 5.75 Å². The summed E-state index contributed by atoms with van der Waals surface area (Å²) >= 11 is 0. The number of carbonyl (C=O) groups excluding carboxylic acids is 1. The van der Waals surface area contributed by atoms with Crippen molar-refractivity contribution in [2.75, 3.05) is 6.61 Å². The van der Waals surface area contributed by atoms with Crippen molar-refractivity contribution >= 4 is 5.97 Å². The summed E-state index contributed by atoms with van der Waals surface area (Å²) in [5.74, 6) is -0.546. The highest BCUT2D eigenvalue weighted by Crippen LogP contribution is 2.25. The number of ether oxygens (including phenoxy) is 2. The van der Waals surface area contributed by atoms with Crippen molar-refractivity contribution in [3.63, 3.8) is 0 Å². The van der Waals surface area contributed by atoms with Crippen LogP contribution in [0.15, 0.2) is 66.7 Å². The molecule has 3 aromatic carbocycles. The number of aryl methyl sites for hydroxylation is 1. The highest BCUT2D eigenvalue weighted by atomic mass is 19.1. The summed E-state index contributed by atoms with van der Waals surface area (Å²) in [5, 5.41) is 0. The third-order valence-corrected chi connectivity index (χ3v) is 7.34. The Morgan fingerprint density at radius 3 is 1.80 bits per heavy atom. The summed E-state index contributed by atoms with van der Waals surface area (Å²) in [7, 11) is 0. The Hall–Kier alpha value is -3.14. The summed E-state index contributed by atoms with van der Waals surface area (Å²) in [5.41, 5.74) is 3.70. The molecule has 0 spiro atoms. The monoisotopic (exact) mass is 546 g/mol. The summed E-state index contributed by atoms with van der Waals surface area (Å²) in [6, 6.07) is 20.3. The van der Waals surface area contributed by atoms with Crippen LogP contribution in [-0.2, 0) is 6.42 Å². The number of hydrogen-bond donors (Lipinski definition) is 0. The van der Waals surface area contributed by atoms with E-state index in [1.165, 1.54) is 88.3 Å². The van der Waals surface area contributed by atoms with Crippen molar-refractivity contribution in [1.29, 1.82) is 0 Å². The van der Waals surface area contributed by atoms with Gasteiger partial charge in [-0.05, 0) is 66.3 Å². The second-order valence-electron chi connectivity index (χ2n) is 10.7. The minimum atomic E-state index is -0.593. The van der Waals surface area contributed by atoms with Crippen LogP contribution >= 0.6 is 0 Å². The maximum absolute atomic E-state index is 14.5. The van der Waals surface area contributed by atoms with Gasteiger partial charge in [-0.15, -0.1) is 0 Å². The van der Waals surface area contributed by atoms with E-state index in [1.807, 2.05) is 12.1 Å². The molecular formula is C36H47FO3. The van der Waals surface area contributed by atoms with Crippen molar-refractivity contribution in [3.05, 3.63) is 83.7 Å². The molecule has 0 saturated heterocycles. The normalized spacial score (nSPS) is 11.0. The standard InChI is InChI=1S/C36H47FO3/c1-3-5-7-9-11-13-15-27-39-35-26-23-32(28-34(35)37)36(38)40-33-24-21-31(22-25-33)30-19-17-29(18-20-30)16-14-12-10-8-6-4-2/h17-26,28H,3-16,27H2,1-2H3. The number of halogens is 1. The maximum Gasteiger partial charge on any atom is 0.343 e. The van der Waals surface area contributed by atoms with Gasteiger partial charge in [-0.3, -0.25) is 0 Å². The fourth-order valence-electron chi connectivity index (χ4n) is 4.84. The van der Waals surface area contributed by atoms with E-state index in [0.717, 1.165) is 30.4 Å². The topological polar surface area (TPSA) is 35.5 Å². The maximum atomic E-state index is 14.5. The van der Waals surface area contributed by atoms with E-state index in [-0.39, 0.29) is 11.3 Å². The van der Waals surface area contributed by atoms with Gasteiger partial charge in [-0.2, -0.15) is 0 Å². The minimum Gasteiger partial charge on any atom is -0.491 e. The predicted molar refractivity (Wildman–Crippen MR) is 164 cm³/mol. The Balaban J connectivity index is 1.43. The zero-order valence-corrected chi connectivity index (χ0v) is 24.6. The molecule has 3 nitrogen and oxygen atoms in total. The van der Waals surface area contributed by atoms with Gasteiger partial charge in [0.25, 0.3) is 0 Å². The first-order valence-electron chi connectivity index (χ1n) is 15.4. The van der Waals surface area contributed by atoms with Crippen LogP contribution < -0.4 is 9.47 Å². The van der Waals surface area contributed by atoms with Crippen molar-refractivity contribution in [1.82, 2.24) is 0 Å². The number of unbranched alkanes of at least 4 members (excludes halogenated alkanes) is 11. The van der Waals surface area contributed by atoms with Crippen molar-refractivity contribution in [2.24, 2.45) is 0 Å². The molecule has 0 amide bonds. The number of esters is 1. The lowest BCUT2D eigenvalue weighted by Crippen LogP contribution is -2.09. The minimum absolute atomic E-state index is 0.158. The Kier molecular flexibility index (Phi) is 14.3. The third kappa shape index (κ3) is 11.2. The average Bonchev–Trinajstić information content (AvgIpc) is 2.97. The van der Waals surface area contributed by atoms with Crippen molar-refractivity contribution < 1.29 is 18.7 Å². The Bertz CT molecular complexity index is 1120. The van der Waals surface area contributed by atoms with Gasteiger partial charge in [-0.25, -0.2) is 9.18 Å². The second-order valence-corrected chi connectivity index (χ2v) is 10.7. The number of benzene rings is 3. The van der Waals surface area contributed by atoms with E-state index in [9.17, 15) is 9.18 Å². The summed E-state index contributed by atoms with van der Waals surface area (Å²) in [4.78, 5) is 12.6. The van der Waals surface area contributed by atoms with Crippen LogP contribution in [0, 0.1) is 5.82 Å². The fourth-order valence-corrected chi connectivity index (χ4v) is 4.84. The SMILES string of the molecule is CCCCCCCCCOc1ccc(C(=O)Oc2ccc(-c3ccc(CCCCCCCC)cc3)cc2)cc1F. The van der Waals surface area contributed by atoms with E-state index in [1.54, 1.807) is 18.2 Å². The summed E-state index contributed by atoms with van der Waals surface area (Å²) in [6.45, 7) is 4.93. The van der Waals surface area contributed by atoms with Crippen LogP contribution in [-0.4, -0.2) is 12.6 Å². The molecule has 0 fully saturated rings. The number of rotatable bonds is 19. The number of carbonyl (C=O) groups is 1. The zero-order chi connectivity index (χ0) is 28.4. The van der Waals surface area contributed by atoms with Crippen LogP contribution in [0.25, 0.3) is 11.1 Å². The molecule has 0 atom stereocenters. The van der Waals surface area contributed by atoms with Crippen molar-refractivity contribution in [3.8, 4) is 22.6 Å². The largest absolute Gasteiger partial charge is 0.491 e. The summed E-state index contributed by atoms with van der Waals surface area (Å²) < 4.78 is 25.6. The first-order chi connectivity index (χ1) is 19.6. The average molecular weight is 547 g/mol. The summed E-state index contributed by atoms with van der Waals surface area (Å²) in [6.07, 6.45) is 17.2. The molecule has 3 aromatic rings. The van der Waals surface area contributed by atoms with E-state index in [2.05, 4.69) is 38.1 Å². The molecule has 0 radical (unpaired) electrons. The quantitative estimate of drug-likeness (QED) is 0.0852. The predicted octanol–water partition coefficient (Wildman–Crippen LogP) is 10.7. The molecule has 0 heterocycles. The van der Waals surface area contributed by atoms with Crippen LogP contribution in [0.1, 0.15) is 113 Å². The smallest absolute Gasteiger partial charge is 0.343 e. The van der Waals surface area contributed by atoms with Crippen LogP contribution in [0.4, 0.5) is 4.39 Å². The molecule has 0 aromatic heterocycles. The first-order valence-corrected chi connectivity index (χ1v) is 15.4. The van der Waals surface area contributed by atoms with Crippen LogP contribution in [0.5, 0.6) is 11.5 Å². The molecule has 0 unspecified atom stereocenters. The fraction of sp³-hybridized carbons (Fsp3) is 0.472. The second kappa shape index (κ2) is 18.3. The lowest BCUT2D eigenvalue weighted by atomic mass is 10.0. The van der Waals surface area contributed by atoms with E-state index in [0.29, 0.717) is 12.4 Å². The molecule has 3 rings (SSSR count). The van der Waals surface area contributed by atoms with E-state index in [4.69, 9.17) is 9.47 Å². The molecular weight excluding hydrogens is 499 g/mol. The zero-order valence-electron chi connectivity index (χ0n) is 24.6. The third-order valence-electron chi connectivity index (χ3n) is 7.34. The van der Waals surface area contributed by atoms with Gasteiger partial charge in [-0.1, -0.05) is 121 Å². The Morgan fingerprint density at radius 1 is 0.650 bits per heavy atom. The lowest BCUT2D eigenvalue weighted by molar-refractivity contribution is 0.0734.